The van der Waals surface area contributed by atoms with Crippen molar-refractivity contribution >= 4 is 11.7 Å². The Balaban J connectivity index is 1.34. The maximum Gasteiger partial charge on any atom is 0.378 e. The van der Waals surface area contributed by atoms with Gasteiger partial charge in [0, 0.05) is 17.5 Å². The smallest absolute Gasteiger partial charge is 0.378 e. The lowest BCUT2D eigenvalue weighted by Gasteiger charge is -1.99. The Kier molecular flexibility index (Phi) is 4.47. The predicted octanol–water partition coefficient (Wildman–Crippen LogP) is 2.80. The van der Waals surface area contributed by atoms with Gasteiger partial charge in [-0.2, -0.15) is 4.98 Å². The predicted molar refractivity (Wildman–Crippen MR) is 105 cm³/mol. The molecular weight excluding hydrogens is 402 g/mol. The van der Waals surface area contributed by atoms with Gasteiger partial charge in [-0.3, -0.25) is 0 Å². The molecule has 1 aromatic carbocycles. The first kappa shape index (κ1) is 18.6. The van der Waals surface area contributed by atoms with Gasteiger partial charge < -0.3 is 13.7 Å². The fourth-order valence-corrected chi connectivity index (χ4v) is 3.01. The Hall–Kier alpha value is -4.41. The van der Waals surface area contributed by atoms with Crippen LogP contribution >= 0.6 is 0 Å². The van der Waals surface area contributed by atoms with E-state index < -0.39 is 5.97 Å². The zero-order valence-corrected chi connectivity index (χ0v) is 16.5. The molecule has 0 N–H and O–H groups in total. The first-order valence-electron chi connectivity index (χ1n) is 9.30. The zero-order chi connectivity index (χ0) is 21.4. The Morgan fingerprint density at radius 2 is 1.97 bits per heavy atom. The molecule has 4 heterocycles. The van der Waals surface area contributed by atoms with Crippen LogP contribution in [-0.2, 0) is 11.3 Å². The number of esters is 1. The molecule has 0 aliphatic rings. The van der Waals surface area contributed by atoms with Crippen LogP contribution in [0.25, 0.3) is 28.5 Å². The summed E-state index contributed by atoms with van der Waals surface area (Å²) in [6, 6.07) is 11.3. The Bertz CT molecular complexity index is 1390. The van der Waals surface area contributed by atoms with E-state index in [-0.39, 0.29) is 24.2 Å². The molecular formula is C20H15N7O4. The normalized spacial score (nSPS) is 11.2. The average molecular weight is 417 g/mol. The second-order valence-electron chi connectivity index (χ2n) is 6.64. The summed E-state index contributed by atoms with van der Waals surface area (Å²) in [4.78, 5) is 20.5. The van der Waals surface area contributed by atoms with Gasteiger partial charge in [-0.1, -0.05) is 35.5 Å². The summed E-state index contributed by atoms with van der Waals surface area (Å²) in [5.41, 5.74) is 2.81. The van der Waals surface area contributed by atoms with Crippen molar-refractivity contribution in [2.75, 3.05) is 0 Å². The van der Waals surface area contributed by atoms with Crippen LogP contribution in [0.3, 0.4) is 0 Å². The summed E-state index contributed by atoms with van der Waals surface area (Å²) in [6.07, 6.45) is 1.59. The number of benzene rings is 1. The SMILES string of the molecule is Cc1onc(-c2ccccc2)c1-c1nnc(COC(=O)c2nc3nccc(C)n3n2)o1. The molecule has 0 fully saturated rings. The number of aromatic nitrogens is 7. The van der Waals surface area contributed by atoms with Crippen LogP contribution in [0.1, 0.15) is 28.0 Å². The van der Waals surface area contributed by atoms with Gasteiger partial charge in [0.1, 0.15) is 17.0 Å². The van der Waals surface area contributed by atoms with E-state index in [9.17, 15) is 4.79 Å². The molecule has 0 saturated carbocycles. The molecule has 0 bridgehead atoms. The van der Waals surface area contributed by atoms with E-state index in [1.54, 1.807) is 19.2 Å². The van der Waals surface area contributed by atoms with Crippen LogP contribution in [0, 0.1) is 13.8 Å². The van der Waals surface area contributed by atoms with E-state index in [0.717, 1.165) is 11.3 Å². The molecule has 154 valence electrons. The van der Waals surface area contributed by atoms with Crippen molar-refractivity contribution in [1.29, 1.82) is 0 Å². The van der Waals surface area contributed by atoms with Crippen LogP contribution < -0.4 is 0 Å². The maximum absolute atomic E-state index is 12.3. The highest BCUT2D eigenvalue weighted by molar-refractivity contribution is 5.85. The number of hydrogen-bond acceptors (Lipinski definition) is 10. The van der Waals surface area contributed by atoms with Gasteiger partial charge in [0.25, 0.3) is 23.4 Å². The minimum absolute atomic E-state index is 0.109. The topological polar surface area (TPSA) is 134 Å². The van der Waals surface area contributed by atoms with Crippen molar-refractivity contribution in [2.24, 2.45) is 0 Å². The quantitative estimate of drug-likeness (QED) is 0.393. The number of hydrogen-bond donors (Lipinski definition) is 0. The summed E-state index contributed by atoms with van der Waals surface area (Å²) >= 11 is 0. The fourth-order valence-electron chi connectivity index (χ4n) is 3.01. The fraction of sp³-hybridized carbons (Fsp3) is 0.150. The van der Waals surface area contributed by atoms with E-state index in [2.05, 4.69) is 30.4 Å². The number of rotatable bonds is 5. The van der Waals surface area contributed by atoms with E-state index in [1.807, 2.05) is 37.3 Å². The molecule has 0 aliphatic carbocycles. The highest BCUT2D eigenvalue weighted by Crippen LogP contribution is 2.33. The molecule has 5 rings (SSSR count). The van der Waals surface area contributed by atoms with Crippen molar-refractivity contribution in [3.63, 3.8) is 0 Å². The maximum atomic E-state index is 12.3. The molecule has 0 amide bonds. The van der Waals surface area contributed by atoms with Crippen LogP contribution in [0.2, 0.25) is 0 Å². The summed E-state index contributed by atoms with van der Waals surface area (Å²) in [6.45, 7) is 3.34. The molecule has 5 aromatic rings. The second-order valence-corrected chi connectivity index (χ2v) is 6.64. The van der Waals surface area contributed by atoms with Gasteiger partial charge in [0.15, 0.2) is 6.61 Å². The zero-order valence-electron chi connectivity index (χ0n) is 16.5. The lowest BCUT2D eigenvalue weighted by Crippen LogP contribution is -2.08. The minimum atomic E-state index is -0.726. The summed E-state index contributed by atoms with van der Waals surface area (Å²) < 4.78 is 17.7. The number of aryl methyl sites for hydroxylation is 2. The van der Waals surface area contributed by atoms with Crippen LogP contribution in [0.5, 0.6) is 0 Å². The van der Waals surface area contributed by atoms with E-state index >= 15 is 0 Å². The van der Waals surface area contributed by atoms with Crippen molar-refractivity contribution in [3.8, 4) is 22.7 Å². The molecule has 31 heavy (non-hydrogen) atoms. The largest absolute Gasteiger partial charge is 0.450 e. The average Bonchev–Trinajstić information content (AvgIpc) is 3.51. The minimum Gasteiger partial charge on any atom is -0.450 e. The van der Waals surface area contributed by atoms with Gasteiger partial charge in [-0.25, -0.2) is 14.3 Å². The standard InChI is InChI=1S/C20H15N7O4/c1-11-8-9-21-20-22-17(25-27(11)20)19(28)29-10-14-23-24-18(30-14)15-12(2)31-26-16(15)13-6-4-3-5-7-13/h3-9H,10H2,1-2H3. The van der Waals surface area contributed by atoms with Gasteiger partial charge >= 0.3 is 5.97 Å². The third-order valence-corrected chi connectivity index (χ3v) is 4.53. The van der Waals surface area contributed by atoms with E-state index in [0.29, 0.717) is 22.8 Å². The van der Waals surface area contributed by atoms with Gasteiger partial charge in [0.2, 0.25) is 0 Å². The number of ether oxygens (including phenoxy) is 1. The molecule has 4 aromatic heterocycles. The van der Waals surface area contributed by atoms with E-state index in [4.69, 9.17) is 13.7 Å². The summed E-state index contributed by atoms with van der Waals surface area (Å²) in [5, 5.41) is 16.2. The molecule has 11 nitrogen and oxygen atoms in total. The molecule has 0 aliphatic heterocycles. The third kappa shape index (κ3) is 3.41. The number of nitrogens with zero attached hydrogens (tertiary/aromatic N) is 7. The first-order chi connectivity index (χ1) is 15.1. The van der Waals surface area contributed by atoms with E-state index in [1.165, 1.54) is 4.52 Å². The monoisotopic (exact) mass is 417 g/mol. The van der Waals surface area contributed by atoms with Crippen LogP contribution in [0.15, 0.2) is 51.5 Å². The van der Waals surface area contributed by atoms with Crippen molar-refractivity contribution in [3.05, 3.63) is 65.8 Å². The van der Waals surface area contributed by atoms with Crippen LogP contribution in [0.4, 0.5) is 0 Å². The Morgan fingerprint density at radius 1 is 1.13 bits per heavy atom. The van der Waals surface area contributed by atoms with Crippen LogP contribution in [-0.4, -0.2) is 40.9 Å². The highest BCUT2D eigenvalue weighted by Gasteiger charge is 2.23. The summed E-state index contributed by atoms with van der Waals surface area (Å²) in [7, 11) is 0. The Morgan fingerprint density at radius 3 is 2.77 bits per heavy atom. The lowest BCUT2D eigenvalue weighted by atomic mass is 10.1. The molecule has 0 unspecified atom stereocenters. The molecule has 11 heteroatoms. The number of fused-ring (bicyclic) bond motifs is 1. The second kappa shape index (κ2) is 7.44. The third-order valence-electron chi connectivity index (χ3n) is 4.53. The molecule has 0 spiro atoms. The van der Waals surface area contributed by atoms with Gasteiger partial charge in [0.05, 0.1) is 0 Å². The molecule has 0 radical (unpaired) electrons. The molecule has 0 saturated heterocycles. The molecule has 0 atom stereocenters. The first-order valence-corrected chi connectivity index (χ1v) is 9.30. The van der Waals surface area contributed by atoms with Crippen molar-refractivity contribution in [2.45, 2.75) is 20.5 Å². The van der Waals surface area contributed by atoms with Gasteiger partial charge in [-0.15, -0.1) is 15.3 Å². The van der Waals surface area contributed by atoms with Gasteiger partial charge in [-0.05, 0) is 19.9 Å². The number of carbonyl (C=O) groups is 1. The lowest BCUT2D eigenvalue weighted by molar-refractivity contribution is 0.0424. The highest BCUT2D eigenvalue weighted by atomic mass is 16.5. The Labute approximate surface area is 174 Å². The number of carbonyl (C=O) groups excluding carboxylic acids is 1. The summed E-state index contributed by atoms with van der Waals surface area (Å²) in [5.74, 6) is 0.333. The van der Waals surface area contributed by atoms with Crippen molar-refractivity contribution < 1.29 is 18.5 Å². The van der Waals surface area contributed by atoms with Crippen molar-refractivity contribution in [1.82, 2.24) is 34.9 Å².